The molecular formula is C14H14O2. The number of fused-ring (bicyclic) bond motifs is 2. The van der Waals surface area contributed by atoms with Crippen molar-refractivity contribution in [2.75, 3.05) is 0 Å². The predicted molar refractivity (Wildman–Crippen MR) is 61.0 cm³/mol. The van der Waals surface area contributed by atoms with E-state index in [1.807, 2.05) is 30.3 Å². The number of para-hydroxylation sites is 1. The third kappa shape index (κ3) is 1.64. The molecule has 2 atom stereocenters. The summed E-state index contributed by atoms with van der Waals surface area (Å²) in [7, 11) is 0. The fraction of sp³-hybridized carbons (Fsp3) is 0.357. The van der Waals surface area contributed by atoms with Crippen LogP contribution in [0.5, 0.6) is 5.75 Å². The van der Waals surface area contributed by atoms with Crippen LogP contribution >= 0.6 is 0 Å². The van der Waals surface area contributed by atoms with Crippen LogP contribution in [0.25, 0.3) is 0 Å². The Bertz CT molecular complexity index is 433. The molecule has 1 aromatic rings. The summed E-state index contributed by atoms with van der Waals surface area (Å²) in [4.78, 5) is 12.0. The van der Waals surface area contributed by atoms with Crippen LogP contribution in [-0.4, -0.2) is 5.97 Å². The minimum Gasteiger partial charge on any atom is -0.426 e. The lowest BCUT2D eigenvalue weighted by Crippen LogP contribution is -2.24. The molecule has 0 heterocycles. The molecule has 2 aliphatic carbocycles. The van der Waals surface area contributed by atoms with Gasteiger partial charge in [-0.25, -0.2) is 0 Å². The van der Waals surface area contributed by atoms with Crippen molar-refractivity contribution < 1.29 is 9.53 Å². The zero-order valence-corrected chi connectivity index (χ0v) is 9.06. The molecule has 3 rings (SSSR count). The summed E-state index contributed by atoms with van der Waals surface area (Å²) < 4.78 is 5.38. The maximum Gasteiger partial charge on any atom is 0.314 e. The van der Waals surface area contributed by atoms with E-state index in [2.05, 4.69) is 6.08 Å². The van der Waals surface area contributed by atoms with Crippen LogP contribution in [0.15, 0.2) is 42.0 Å². The molecule has 2 nitrogen and oxygen atoms in total. The number of esters is 1. The highest BCUT2D eigenvalue weighted by molar-refractivity contribution is 5.76. The van der Waals surface area contributed by atoms with Crippen LogP contribution in [0.1, 0.15) is 19.3 Å². The SMILES string of the molecule is O=C(Oc1ccccc1)C1CC2=CCC1C2. The van der Waals surface area contributed by atoms with Crippen LogP contribution in [0, 0.1) is 11.8 Å². The van der Waals surface area contributed by atoms with E-state index in [0.717, 1.165) is 19.3 Å². The Morgan fingerprint density at radius 2 is 2.00 bits per heavy atom. The Balaban J connectivity index is 1.69. The van der Waals surface area contributed by atoms with Gasteiger partial charge in [-0.05, 0) is 37.3 Å². The average molecular weight is 214 g/mol. The van der Waals surface area contributed by atoms with E-state index in [-0.39, 0.29) is 11.9 Å². The summed E-state index contributed by atoms with van der Waals surface area (Å²) in [5.41, 5.74) is 1.44. The fourth-order valence-corrected chi connectivity index (χ4v) is 2.70. The Kier molecular flexibility index (Phi) is 2.28. The van der Waals surface area contributed by atoms with Crippen LogP contribution in [0.2, 0.25) is 0 Å². The van der Waals surface area contributed by atoms with Crippen molar-refractivity contribution >= 4 is 5.97 Å². The highest BCUT2D eigenvalue weighted by Gasteiger charge is 2.39. The summed E-state index contributed by atoms with van der Waals surface area (Å²) in [6, 6.07) is 9.33. The maximum absolute atomic E-state index is 12.0. The van der Waals surface area contributed by atoms with E-state index >= 15 is 0 Å². The maximum atomic E-state index is 12.0. The third-order valence-corrected chi connectivity index (χ3v) is 3.55. The molecule has 1 aromatic carbocycles. The smallest absolute Gasteiger partial charge is 0.314 e. The third-order valence-electron chi connectivity index (χ3n) is 3.55. The normalized spacial score (nSPS) is 26.6. The van der Waals surface area contributed by atoms with Crippen molar-refractivity contribution in [2.45, 2.75) is 19.3 Å². The van der Waals surface area contributed by atoms with E-state index in [9.17, 15) is 4.79 Å². The quantitative estimate of drug-likeness (QED) is 0.430. The molecule has 0 saturated heterocycles. The Labute approximate surface area is 94.9 Å². The molecule has 0 aliphatic heterocycles. The standard InChI is InChI=1S/C14H14O2/c15-14(16-12-4-2-1-3-5-12)13-9-10-6-7-11(13)8-10/h1-6,11,13H,7-9H2. The monoisotopic (exact) mass is 214 g/mol. The van der Waals surface area contributed by atoms with Gasteiger partial charge in [-0.15, -0.1) is 0 Å². The van der Waals surface area contributed by atoms with Crippen molar-refractivity contribution in [3.8, 4) is 5.75 Å². The number of hydrogen-bond donors (Lipinski definition) is 0. The Morgan fingerprint density at radius 1 is 1.19 bits per heavy atom. The predicted octanol–water partition coefficient (Wildman–Crippen LogP) is 2.95. The highest BCUT2D eigenvalue weighted by Crippen LogP contribution is 2.44. The number of rotatable bonds is 2. The van der Waals surface area contributed by atoms with E-state index in [4.69, 9.17) is 4.74 Å². The Morgan fingerprint density at radius 3 is 2.62 bits per heavy atom. The molecule has 0 amide bonds. The van der Waals surface area contributed by atoms with Gasteiger partial charge in [0.2, 0.25) is 0 Å². The Hall–Kier alpha value is -1.57. The molecule has 82 valence electrons. The molecule has 0 N–H and O–H groups in total. The molecule has 1 fully saturated rings. The second-order valence-corrected chi connectivity index (χ2v) is 4.61. The first kappa shape index (κ1) is 9.64. The zero-order valence-electron chi connectivity index (χ0n) is 9.06. The molecule has 1 saturated carbocycles. The largest absolute Gasteiger partial charge is 0.426 e. The first-order valence-corrected chi connectivity index (χ1v) is 5.77. The lowest BCUT2D eigenvalue weighted by atomic mass is 9.92. The second-order valence-electron chi connectivity index (χ2n) is 4.61. The van der Waals surface area contributed by atoms with E-state index in [1.165, 1.54) is 5.57 Å². The van der Waals surface area contributed by atoms with Gasteiger partial charge in [0.05, 0.1) is 5.92 Å². The molecule has 0 radical (unpaired) electrons. The minimum absolute atomic E-state index is 0.0562. The first-order chi connectivity index (χ1) is 7.83. The van der Waals surface area contributed by atoms with Crippen LogP contribution in [0.3, 0.4) is 0 Å². The van der Waals surface area contributed by atoms with Gasteiger partial charge in [0, 0.05) is 0 Å². The van der Waals surface area contributed by atoms with Crippen molar-refractivity contribution in [3.63, 3.8) is 0 Å². The van der Waals surface area contributed by atoms with Crippen molar-refractivity contribution in [3.05, 3.63) is 42.0 Å². The summed E-state index contributed by atoms with van der Waals surface area (Å²) >= 11 is 0. The summed E-state index contributed by atoms with van der Waals surface area (Å²) in [6.07, 6.45) is 5.35. The molecule has 2 aliphatic rings. The van der Waals surface area contributed by atoms with E-state index in [0.29, 0.717) is 11.7 Å². The molecule has 0 spiro atoms. The zero-order chi connectivity index (χ0) is 11.0. The summed E-state index contributed by atoms with van der Waals surface area (Å²) in [5.74, 6) is 1.20. The number of carbonyl (C=O) groups excluding carboxylic acids is 1. The van der Waals surface area contributed by atoms with E-state index < -0.39 is 0 Å². The van der Waals surface area contributed by atoms with Gasteiger partial charge in [-0.2, -0.15) is 0 Å². The lowest BCUT2D eigenvalue weighted by Gasteiger charge is -2.17. The van der Waals surface area contributed by atoms with Gasteiger partial charge >= 0.3 is 5.97 Å². The average Bonchev–Trinajstić information content (AvgIpc) is 2.92. The number of allylic oxidation sites excluding steroid dienone is 2. The van der Waals surface area contributed by atoms with Gasteiger partial charge in [-0.1, -0.05) is 29.8 Å². The number of benzene rings is 1. The molecule has 16 heavy (non-hydrogen) atoms. The molecule has 2 bridgehead atoms. The topological polar surface area (TPSA) is 26.3 Å². The summed E-state index contributed by atoms with van der Waals surface area (Å²) in [6.45, 7) is 0. The fourth-order valence-electron chi connectivity index (χ4n) is 2.70. The van der Waals surface area contributed by atoms with Crippen LogP contribution in [0.4, 0.5) is 0 Å². The van der Waals surface area contributed by atoms with E-state index in [1.54, 1.807) is 0 Å². The number of carbonyl (C=O) groups is 1. The summed E-state index contributed by atoms with van der Waals surface area (Å²) in [5, 5.41) is 0. The van der Waals surface area contributed by atoms with Crippen LogP contribution < -0.4 is 4.74 Å². The van der Waals surface area contributed by atoms with Gasteiger partial charge < -0.3 is 4.74 Å². The molecule has 2 heteroatoms. The van der Waals surface area contributed by atoms with Crippen molar-refractivity contribution in [1.82, 2.24) is 0 Å². The first-order valence-electron chi connectivity index (χ1n) is 5.77. The van der Waals surface area contributed by atoms with Gasteiger partial charge in [-0.3, -0.25) is 4.79 Å². The van der Waals surface area contributed by atoms with Gasteiger partial charge in [0.1, 0.15) is 5.75 Å². The lowest BCUT2D eigenvalue weighted by molar-refractivity contribution is -0.140. The van der Waals surface area contributed by atoms with Crippen molar-refractivity contribution in [1.29, 1.82) is 0 Å². The molecule has 2 unspecified atom stereocenters. The van der Waals surface area contributed by atoms with Crippen molar-refractivity contribution in [2.24, 2.45) is 11.8 Å². The van der Waals surface area contributed by atoms with Gasteiger partial charge in [0.15, 0.2) is 0 Å². The number of hydrogen-bond acceptors (Lipinski definition) is 2. The number of ether oxygens (including phenoxy) is 1. The second kappa shape index (κ2) is 3.78. The highest BCUT2D eigenvalue weighted by atomic mass is 16.5. The molecular weight excluding hydrogens is 200 g/mol. The minimum atomic E-state index is -0.0562. The molecule has 0 aromatic heterocycles. The van der Waals surface area contributed by atoms with Crippen LogP contribution in [-0.2, 0) is 4.79 Å². The van der Waals surface area contributed by atoms with Gasteiger partial charge in [0.25, 0.3) is 0 Å².